The van der Waals surface area contributed by atoms with Crippen LogP contribution in [0.4, 0.5) is 0 Å². The highest BCUT2D eigenvalue weighted by molar-refractivity contribution is 5.42. The Kier molecular flexibility index (Phi) is 6.38. The molecule has 0 amide bonds. The van der Waals surface area contributed by atoms with E-state index in [1.165, 1.54) is 75.3 Å². The second kappa shape index (κ2) is 8.72. The van der Waals surface area contributed by atoms with E-state index in [1.807, 2.05) is 0 Å². The van der Waals surface area contributed by atoms with E-state index < -0.39 is 0 Å². The summed E-state index contributed by atoms with van der Waals surface area (Å²) in [7, 11) is 2.24. The molecule has 0 N–H and O–H groups in total. The zero-order chi connectivity index (χ0) is 16.8. The average Bonchev–Trinajstić information content (AvgIpc) is 2.63. The van der Waals surface area contributed by atoms with Gasteiger partial charge in [0.25, 0.3) is 0 Å². The number of aryl methyl sites for hydroxylation is 1. The molecule has 0 heterocycles. The van der Waals surface area contributed by atoms with Crippen molar-refractivity contribution in [3.8, 4) is 11.8 Å². The van der Waals surface area contributed by atoms with Gasteiger partial charge >= 0.3 is 0 Å². The highest BCUT2D eigenvalue weighted by atomic mass is 15.1. The molecule has 2 saturated carbocycles. The molecule has 1 heteroatoms. The van der Waals surface area contributed by atoms with Crippen LogP contribution in [0, 0.1) is 18.8 Å². The highest BCUT2D eigenvalue weighted by Gasteiger charge is 2.18. The lowest BCUT2D eigenvalue weighted by molar-refractivity contribution is 0.212. The summed E-state index contributed by atoms with van der Waals surface area (Å²) in [6, 6.07) is 7.64. The van der Waals surface area contributed by atoms with Crippen molar-refractivity contribution in [3.05, 3.63) is 34.9 Å². The molecule has 0 bridgehead atoms. The SMILES string of the molecule is Cc1cc(C#CCN(C)C2CCCCC2)ccc1C1CCCCC1. The molecule has 1 aromatic rings. The Morgan fingerprint density at radius 3 is 2.29 bits per heavy atom. The van der Waals surface area contributed by atoms with E-state index in [9.17, 15) is 0 Å². The van der Waals surface area contributed by atoms with Crippen LogP contribution in [0.3, 0.4) is 0 Å². The topological polar surface area (TPSA) is 3.24 Å². The van der Waals surface area contributed by atoms with Gasteiger partial charge in [-0.25, -0.2) is 0 Å². The molecule has 0 aromatic heterocycles. The quantitative estimate of drug-likeness (QED) is 0.649. The second-order valence-corrected chi connectivity index (χ2v) is 7.92. The fraction of sp³-hybridized carbons (Fsp3) is 0.652. The van der Waals surface area contributed by atoms with E-state index >= 15 is 0 Å². The first kappa shape index (κ1) is 17.6. The Morgan fingerprint density at radius 1 is 0.958 bits per heavy atom. The number of hydrogen-bond acceptors (Lipinski definition) is 1. The minimum Gasteiger partial charge on any atom is -0.292 e. The minimum absolute atomic E-state index is 0.753. The molecule has 0 saturated heterocycles. The van der Waals surface area contributed by atoms with E-state index in [0.29, 0.717) is 0 Å². The van der Waals surface area contributed by atoms with Gasteiger partial charge in [0.2, 0.25) is 0 Å². The molecule has 130 valence electrons. The van der Waals surface area contributed by atoms with Crippen LogP contribution in [-0.4, -0.2) is 24.5 Å². The van der Waals surface area contributed by atoms with Crippen LogP contribution in [0.25, 0.3) is 0 Å². The average molecular weight is 324 g/mol. The van der Waals surface area contributed by atoms with Gasteiger partial charge in [0.15, 0.2) is 0 Å². The van der Waals surface area contributed by atoms with E-state index in [2.05, 4.69) is 48.9 Å². The lowest BCUT2D eigenvalue weighted by atomic mass is 9.82. The van der Waals surface area contributed by atoms with Crippen LogP contribution >= 0.6 is 0 Å². The van der Waals surface area contributed by atoms with Gasteiger partial charge in [-0.1, -0.05) is 56.4 Å². The van der Waals surface area contributed by atoms with Crippen molar-refractivity contribution in [2.24, 2.45) is 0 Å². The number of rotatable bonds is 3. The fourth-order valence-electron chi connectivity index (χ4n) is 4.54. The summed E-state index contributed by atoms with van der Waals surface area (Å²) in [5.74, 6) is 7.58. The summed E-state index contributed by atoms with van der Waals surface area (Å²) < 4.78 is 0. The fourth-order valence-corrected chi connectivity index (χ4v) is 4.54. The Bertz CT molecular complexity index is 580. The number of nitrogens with zero attached hydrogens (tertiary/aromatic N) is 1. The zero-order valence-electron chi connectivity index (χ0n) is 15.6. The van der Waals surface area contributed by atoms with Gasteiger partial charge in [0.1, 0.15) is 0 Å². The standard InChI is InChI=1S/C23H33N/c1-19-18-20(15-16-23(19)21-11-5-3-6-12-21)10-9-17-24(2)22-13-7-4-8-14-22/h15-16,18,21-22H,3-8,11-14,17H2,1-2H3. The molecule has 0 spiro atoms. The predicted octanol–water partition coefficient (Wildman–Crippen LogP) is 5.66. The van der Waals surface area contributed by atoms with Gasteiger partial charge in [-0.3, -0.25) is 4.90 Å². The van der Waals surface area contributed by atoms with Crippen LogP contribution in [0.5, 0.6) is 0 Å². The van der Waals surface area contributed by atoms with Crippen LogP contribution < -0.4 is 0 Å². The lowest BCUT2D eigenvalue weighted by Gasteiger charge is -2.29. The molecular weight excluding hydrogens is 290 g/mol. The van der Waals surface area contributed by atoms with E-state index in [1.54, 1.807) is 5.56 Å². The van der Waals surface area contributed by atoms with E-state index in [4.69, 9.17) is 0 Å². The molecule has 2 aliphatic carbocycles. The first-order valence-electron chi connectivity index (χ1n) is 10.0. The molecule has 2 fully saturated rings. The molecule has 0 aliphatic heterocycles. The maximum Gasteiger partial charge on any atom is 0.0605 e. The van der Waals surface area contributed by atoms with Gasteiger partial charge in [0, 0.05) is 11.6 Å². The van der Waals surface area contributed by atoms with Gasteiger partial charge < -0.3 is 0 Å². The van der Waals surface area contributed by atoms with Crippen molar-refractivity contribution in [3.63, 3.8) is 0 Å². The smallest absolute Gasteiger partial charge is 0.0605 e. The molecule has 0 atom stereocenters. The first-order chi connectivity index (χ1) is 11.7. The van der Waals surface area contributed by atoms with Crippen molar-refractivity contribution < 1.29 is 0 Å². The van der Waals surface area contributed by atoms with Gasteiger partial charge in [-0.05, 0) is 68.8 Å². The summed E-state index contributed by atoms with van der Waals surface area (Å²) in [5.41, 5.74) is 4.19. The molecule has 0 unspecified atom stereocenters. The summed E-state index contributed by atoms with van der Waals surface area (Å²) >= 11 is 0. The van der Waals surface area contributed by atoms with Crippen molar-refractivity contribution in [1.29, 1.82) is 0 Å². The number of hydrogen-bond donors (Lipinski definition) is 0. The van der Waals surface area contributed by atoms with Crippen LogP contribution in [-0.2, 0) is 0 Å². The Morgan fingerprint density at radius 2 is 1.62 bits per heavy atom. The van der Waals surface area contributed by atoms with E-state index in [0.717, 1.165) is 18.5 Å². The number of benzene rings is 1. The van der Waals surface area contributed by atoms with Crippen LogP contribution in [0.15, 0.2) is 18.2 Å². The minimum atomic E-state index is 0.753. The molecular formula is C23H33N. The molecule has 24 heavy (non-hydrogen) atoms. The molecule has 1 nitrogen and oxygen atoms in total. The van der Waals surface area contributed by atoms with Gasteiger partial charge in [-0.15, -0.1) is 0 Å². The third-order valence-electron chi connectivity index (χ3n) is 6.07. The van der Waals surface area contributed by atoms with Gasteiger partial charge in [-0.2, -0.15) is 0 Å². The van der Waals surface area contributed by atoms with Crippen LogP contribution in [0.1, 0.15) is 86.8 Å². The molecule has 3 rings (SSSR count). The largest absolute Gasteiger partial charge is 0.292 e. The first-order valence-corrected chi connectivity index (χ1v) is 10.0. The molecule has 0 radical (unpaired) electrons. The Hall–Kier alpha value is -1.26. The van der Waals surface area contributed by atoms with E-state index in [-0.39, 0.29) is 0 Å². The summed E-state index contributed by atoms with van der Waals surface area (Å²) in [6.07, 6.45) is 13.9. The predicted molar refractivity (Wildman–Crippen MR) is 103 cm³/mol. The lowest BCUT2D eigenvalue weighted by Crippen LogP contribution is -2.33. The van der Waals surface area contributed by atoms with Crippen molar-refractivity contribution in [2.75, 3.05) is 13.6 Å². The third-order valence-corrected chi connectivity index (χ3v) is 6.07. The third kappa shape index (κ3) is 4.64. The van der Waals surface area contributed by atoms with Crippen molar-refractivity contribution >= 4 is 0 Å². The monoisotopic (exact) mass is 323 g/mol. The molecule has 2 aliphatic rings. The normalized spacial score (nSPS) is 20.0. The maximum absolute atomic E-state index is 3.40. The Balaban J connectivity index is 1.58. The Labute approximate surface area is 148 Å². The summed E-state index contributed by atoms with van der Waals surface area (Å²) in [5, 5.41) is 0. The maximum atomic E-state index is 3.40. The van der Waals surface area contributed by atoms with Crippen molar-refractivity contribution in [1.82, 2.24) is 4.90 Å². The van der Waals surface area contributed by atoms with Crippen molar-refractivity contribution in [2.45, 2.75) is 83.1 Å². The summed E-state index contributed by atoms with van der Waals surface area (Å²) in [6.45, 7) is 3.16. The van der Waals surface area contributed by atoms with Crippen LogP contribution in [0.2, 0.25) is 0 Å². The summed E-state index contributed by atoms with van der Waals surface area (Å²) in [4.78, 5) is 2.45. The molecule has 1 aromatic carbocycles. The second-order valence-electron chi connectivity index (χ2n) is 7.92. The van der Waals surface area contributed by atoms with Gasteiger partial charge in [0.05, 0.1) is 6.54 Å². The highest BCUT2D eigenvalue weighted by Crippen LogP contribution is 2.34. The zero-order valence-corrected chi connectivity index (χ0v) is 15.6.